The molecule has 0 N–H and O–H groups in total. The summed E-state index contributed by atoms with van der Waals surface area (Å²) in [7, 11) is 0. The first kappa shape index (κ1) is 9.97. The van der Waals surface area contributed by atoms with Gasteiger partial charge in [-0.05, 0) is 0 Å². The summed E-state index contributed by atoms with van der Waals surface area (Å²) in [5, 5.41) is 0.774. The van der Waals surface area contributed by atoms with Gasteiger partial charge in [-0.25, -0.2) is 0 Å². The van der Waals surface area contributed by atoms with Crippen molar-refractivity contribution < 1.29 is 0 Å². The van der Waals surface area contributed by atoms with Gasteiger partial charge in [-0.3, -0.25) is 0 Å². The fourth-order valence-corrected chi connectivity index (χ4v) is 2.90. The molecule has 0 bridgehead atoms. The Labute approximate surface area is 94.7 Å². The quantitative estimate of drug-likeness (QED) is 0.726. The van der Waals surface area contributed by atoms with Crippen LogP contribution in [0.4, 0.5) is 0 Å². The zero-order valence-electron chi connectivity index (χ0n) is 8.04. The molecule has 1 aromatic carbocycles. The van der Waals surface area contributed by atoms with E-state index in [-0.39, 0.29) is 0 Å². The van der Waals surface area contributed by atoms with Gasteiger partial charge in [0.2, 0.25) is 0 Å². The fraction of sp³-hybridized carbons (Fsp3) is 0.182. The van der Waals surface area contributed by atoms with Crippen LogP contribution in [0.15, 0.2) is 24.3 Å². The van der Waals surface area contributed by atoms with E-state index in [4.69, 9.17) is 11.6 Å². The third-order valence-corrected chi connectivity index (χ3v) is 4.32. The first-order valence-electron chi connectivity index (χ1n) is 4.37. The summed E-state index contributed by atoms with van der Waals surface area (Å²) >= 11 is 6.14. The van der Waals surface area contributed by atoms with E-state index in [2.05, 4.69) is 17.8 Å². The summed E-state index contributed by atoms with van der Waals surface area (Å²) < 4.78 is 5.98. The van der Waals surface area contributed by atoms with Gasteiger partial charge in [-0.1, -0.05) is 0 Å². The molecule has 0 radical (unpaired) electrons. The fourth-order valence-electron chi connectivity index (χ4n) is 1.29. The molecule has 0 saturated heterocycles. The maximum atomic E-state index is 5.84. The molecule has 0 atom stereocenters. The Bertz CT molecular complexity index is 445. The molecule has 0 aliphatic rings. The number of nitrogens with zero attached hydrogens (tertiary/aromatic N) is 1. The summed E-state index contributed by atoms with van der Waals surface area (Å²) in [6, 6.07) is 7.87. The monoisotopic (exact) mass is 271 g/mol. The van der Waals surface area contributed by atoms with Gasteiger partial charge in [0.05, 0.1) is 0 Å². The van der Waals surface area contributed by atoms with Gasteiger partial charge in [-0.15, -0.1) is 0 Å². The van der Waals surface area contributed by atoms with Crippen molar-refractivity contribution in [2.75, 3.05) is 0 Å². The van der Waals surface area contributed by atoms with Gasteiger partial charge >= 0.3 is 94.7 Å². The van der Waals surface area contributed by atoms with Gasteiger partial charge in [0, 0.05) is 0 Å². The second kappa shape index (κ2) is 3.90. The summed E-state index contributed by atoms with van der Waals surface area (Å²) in [6.07, 6.45) is 0. The van der Waals surface area contributed by atoms with Crippen molar-refractivity contribution in [3.8, 4) is 11.3 Å². The molecule has 0 aliphatic heterocycles. The third-order valence-electron chi connectivity index (χ3n) is 2.27. The summed E-state index contributed by atoms with van der Waals surface area (Å²) in [4.78, 5) is 0. The van der Waals surface area contributed by atoms with Crippen LogP contribution in [0.25, 0.3) is 11.3 Å². The molecule has 1 aromatic heterocycles. The van der Waals surface area contributed by atoms with Gasteiger partial charge in [-0.2, -0.15) is 0 Å². The maximum absolute atomic E-state index is 5.84. The molecule has 0 saturated carbocycles. The predicted molar refractivity (Wildman–Crippen MR) is 61.1 cm³/mol. The molecule has 2 aromatic rings. The molecule has 0 spiro atoms. The number of rotatable bonds is 1. The number of halogens is 1. The predicted octanol–water partition coefficient (Wildman–Crippen LogP) is 3.08. The molecule has 2 rings (SSSR count). The second-order valence-corrected chi connectivity index (χ2v) is 5.71. The zero-order valence-corrected chi connectivity index (χ0v) is 10.5. The van der Waals surface area contributed by atoms with Crippen LogP contribution in [-0.2, 0) is 0 Å². The van der Waals surface area contributed by atoms with Crippen LogP contribution in [0.3, 0.4) is 0 Å². The van der Waals surface area contributed by atoms with E-state index < -0.39 is 0 Å². The van der Waals surface area contributed by atoms with E-state index in [0.29, 0.717) is 14.7 Å². The Kier molecular flexibility index (Phi) is 2.78. The number of aromatic nitrogens is 1. The van der Waals surface area contributed by atoms with Crippen molar-refractivity contribution in [1.82, 2.24) is 3.98 Å². The molecule has 1 nitrogen and oxygen atoms in total. The minimum absolute atomic E-state index is 0.305. The Morgan fingerprint density at radius 2 is 1.79 bits per heavy atom. The SMILES string of the molecule is Cc1[se]nc(-c2ccc(Cl)cc2)c1C. The van der Waals surface area contributed by atoms with Crippen LogP contribution in [0, 0.1) is 13.8 Å². The van der Waals surface area contributed by atoms with Crippen molar-refractivity contribution >= 4 is 26.3 Å². The van der Waals surface area contributed by atoms with Crippen LogP contribution in [0.2, 0.25) is 5.02 Å². The molecule has 14 heavy (non-hydrogen) atoms. The van der Waals surface area contributed by atoms with Crippen molar-refractivity contribution in [3.63, 3.8) is 0 Å². The number of hydrogen-bond acceptors (Lipinski definition) is 1. The molecule has 0 aliphatic carbocycles. The number of hydrogen-bond donors (Lipinski definition) is 0. The first-order chi connectivity index (χ1) is 6.68. The van der Waals surface area contributed by atoms with E-state index in [9.17, 15) is 0 Å². The molecule has 3 heteroatoms. The van der Waals surface area contributed by atoms with E-state index in [0.717, 1.165) is 10.7 Å². The van der Waals surface area contributed by atoms with Crippen LogP contribution in [0.5, 0.6) is 0 Å². The van der Waals surface area contributed by atoms with E-state index in [1.807, 2.05) is 24.3 Å². The average molecular weight is 271 g/mol. The third kappa shape index (κ3) is 1.78. The Hall–Kier alpha value is -0.561. The summed E-state index contributed by atoms with van der Waals surface area (Å²) in [5.41, 5.74) is 3.64. The van der Waals surface area contributed by atoms with E-state index in [1.165, 1.54) is 15.6 Å². The number of aryl methyl sites for hydroxylation is 1. The molecule has 72 valence electrons. The van der Waals surface area contributed by atoms with Gasteiger partial charge < -0.3 is 0 Å². The van der Waals surface area contributed by atoms with Crippen molar-refractivity contribution in [1.29, 1.82) is 0 Å². The molecular weight excluding hydrogens is 261 g/mol. The standard InChI is InChI=1S/C11H10ClNSe/c1-7-8(2)14-13-11(7)9-3-5-10(12)6-4-9/h3-6H,1-2H3. The average Bonchev–Trinajstić information content (AvgIpc) is 2.50. The van der Waals surface area contributed by atoms with E-state index >= 15 is 0 Å². The molecule has 0 unspecified atom stereocenters. The summed E-state index contributed by atoms with van der Waals surface area (Å²) in [6.45, 7) is 4.29. The molecular formula is C11H10ClNSe. The van der Waals surface area contributed by atoms with Crippen LogP contribution >= 0.6 is 11.6 Å². The molecule has 0 fully saturated rings. The van der Waals surface area contributed by atoms with Gasteiger partial charge in [0.1, 0.15) is 0 Å². The van der Waals surface area contributed by atoms with Crippen LogP contribution in [-0.4, -0.2) is 18.7 Å². The molecule has 0 amide bonds. The normalized spacial score (nSPS) is 10.5. The summed E-state index contributed by atoms with van der Waals surface area (Å²) in [5.74, 6) is 0. The molecule has 1 heterocycles. The Morgan fingerprint density at radius 3 is 2.29 bits per heavy atom. The van der Waals surface area contributed by atoms with Crippen molar-refractivity contribution in [3.05, 3.63) is 39.3 Å². The van der Waals surface area contributed by atoms with Crippen molar-refractivity contribution in [2.24, 2.45) is 0 Å². The zero-order chi connectivity index (χ0) is 10.1. The van der Waals surface area contributed by atoms with E-state index in [1.54, 1.807) is 0 Å². The number of benzene rings is 1. The second-order valence-electron chi connectivity index (χ2n) is 3.22. The minimum atomic E-state index is 0.305. The first-order valence-corrected chi connectivity index (χ1v) is 6.37. The van der Waals surface area contributed by atoms with Crippen LogP contribution < -0.4 is 0 Å². The Morgan fingerprint density at radius 1 is 1.14 bits per heavy atom. The topological polar surface area (TPSA) is 12.9 Å². The van der Waals surface area contributed by atoms with Crippen LogP contribution in [0.1, 0.15) is 10.0 Å². The van der Waals surface area contributed by atoms with Gasteiger partial charge in [0.25, 0.3) is 0 Å². The Balaban J connectivity index is 2.49. The van der Waals surface area contributed by atoms with Gasteiger partial charge in [0.15, 0.2) is 0 Å². The van der Waals surface area contributed by atoms with Crippen molar-refractivity contribution in [2.45, 2.75) is 13.8 Å².